The van der Waals surface area contributed by atoms with E-state index in [1.165, 1.54) is 0 Å². The smallest absolute Gasteiger partial charge is 0.257 e. The van der Waals surface area contributed by atoms with Gasteiger partial charge in [0, 0.05) is 13.6 Å². The quantitative estimate of drug-likeness (QED) is 0.923. The van der Waals surface area contributed by atoms with Crippen LogP contribution in [0.1, 0.15) is 41.7 Å². The fourth-order valence-electron chi connectivity index (χ4n) is 3.40. The molecule has 1 aromatic heterocycles. The van der Waals surface area contributed by atoms with E-state index < -0.39 is 5.60 Å². The van der Waals surface area contributed by atoms with Gasteiger partial charge in [-0.2, -0.15) is 5.10 Å². The Balaban J connectivity index is 1.82. The highest BCUT2D eigenvalue weighted by atomic mass is 35.5. The highest BCUT2D eigenvalue weighted by molar-refractivity contribution is 6.32. The lowest BCUT2D eigenvalue weighted by atomic mass is 10.0. The molecule has 0 bridgehead atoms. The van der Waals surface area contributed by atoms with Crippen molar-refractivity contribution in [2.75, 3.05) is 13.6 Å². The lowest BCUT2D eigenvalue weighted by Crippen LogP contribution is -2.42. The fourth-order valence-corrected chi connectivity index (χ4v) is 3.61. The van der Waals surface area contributed by atoms with Crippen LogP contribution in [0.2, 0.25) is 5.02 Å². The van der Waals surface area contributed by atoms with Crippen LogP contribution >= 0.6 is 11.6 Å². The zero-order chi connectivity index (χ0) is 17.3. The normalized spacial score (nSPS) is 16.3. The molecule has 1 fully saturated rings. The second kappa shape index (κ2) is 6.57. The molecule has 5 nitrogen and oxygen atoms in total. The van der Waals surface area contributed by atoms with E-state index in [0.717, 1.165) is 37.1 Å². The predicted octanol–water partition coefficient (Wildman–Crippen LogP) is 3.21. The van der Waals surface area contributed by atoms with Crippen molar-refractivity contribution in [3.63, 3.8) is 0 Å². The third-order valence-electron chi connectivity index (χ3n) is 4.73. The van der Waals surface area contributed by atoms with Gasteiger partial charge in [0.1, 0.15) is 0 Å². The highest BCUT2D eigenvalue weighted by Crippen LogP contribution is 2.30. The predicted molar refractivity (Wildman–Crippen MR) is 93.7 cm³/mol. The van der Waals surface area contributed by atoms with Crippen molar-refractivity contribution in [1.29, 1.82) is 0 Å². The zero-order valence-electron chi connectivity index (χ0n) is 14.0. The number of carbonyl (C=O) groups is 1. The van der Waals surface area contributed by atoms with Gasteiger partial charge < -0.3 is 10.0 Å². The monoisotopic (exact) mass is 347 g/mol. The van der Waals surface area contributed by atoms with Gasteiger partial charge in [-0.15, -0.1) is 0 Å². The Bertz CT molecular complexity index is 750. The number of aromatic nitrogens is 2. The number of benzene rings is 1. The average molecular weight is 348 g/mol. The van der Waals surface area contributed by atoms with E-state index in [1.807, 2.05) is 25.1 Å². The molecule has 0 aliphatic heterocycles. The topological polar surface area (TPSA) is 58.4 Å². The number of hydrogen-bond acceptors (Lipinski definition) is 3. The standard InChI is InChI=1S/C18H22ClN3O2/c1-13-14(11-20-22(13)16-8-4-3-7-15(16)19)17(23)21(2)12-18(24)9-5-6-10-18/h3-4,7-8,11,24H,5-6,9-10,12H2,1-2H3. The molecule has 1 aliphatic carbocycles. The Morgan fingerprint density at radius 1 is 1.38 bits per heavy atom. The summed E-state index contributed by atoms with van der Waals surface area (Å²) in [5, 5.41) is 15.4. The number of para-hydroxylation sites is 1. The average Bonchev–Trinajstić information content (AvgIpc) is 3.13. The Morgan fingerprint density at radius 3 is 2.71 bits per heavy atom. The number of halogens is 1. The Kier molecular flexibility index (Phi) is 4.65. The van der Waals surface area contributed by atoms with Crippen LogP contribution in [-0.4, -0.2) is 44.9 Å². The number of carbonyl (C=O) groups excluding carboxylic acids is 1. The third-order valence-corrected chi connectivity index (χ3v) is 5.05. The maximum absolute atomic E-state index is 12.8. The number of likely N-dealkylation sites (N-methyl/N-ethyl adjacent to an activating group) is 1. The van der Waals surface area contributed by atoms with E-state index in [0.29, 0.717) is 17.1 Å². The summed E-state index contributed by atoms with van der Waals surface area (Å²) in [5.74, 6) is -0.133. The summed E-state index contributed by atoms with van der Waals surface area (Å²) in [4.78, 5) is 14.3. The molecule has 3 rings (SSSR count). The first-order valence-electron chi connectivity index (χ1n) is 8.19. The lowest BCUT2D eigenvalue weighted by molar-refractivity contribution is 0.0156. The molecule has 1 aliphatic rings. The molecule has 0 unspecified atom stereocenters. The molecule has 0 saturated heterocycles. The SMILES string of the molecule is Cc1c(C(=O)N(C)CC2(O)CCCC2)cnn1-c1ccccc1Cl. The van der Waals surface area contributed by atoms with Crippen molar-refractivity contribution >= 4 is 17.5 Å². The Labute approximate surface area is 146 Å². The largest absolute Gasteiger partial charge is 0.388 e. The first-order chi connectivity index (χ1) is 11.4. The van der Waals surface area contributed by atoms with Crippen LogP contribution in [0.4, 0.5) is 0 Å². The van der Waals surface area contributed by atoms with Gasteiger partial charge in [0.25, 0.3) is 5.91 Å². The van der Waals surface area contributed by atoms with Crippen LogP contribution in [0.25, 0.3) is 5.69 Å². The molecule has 1 saturated carbocycles. The molecule has 1 aromatic carbocycles. The summed E-state index contributed by atoms with van der Waals surface area (Å²) >= 11 is 6.22. The van der Waals surface area contributed by atoms with Crippen LogP contribution in [0.5, 0.6) is 0 Å². The minimum Gasteiger partial charge on any atom is -0.388 e. The van der Waals surface area contributed by atoms with Gasteiger partial charge in [-0.3, -0.25) is 4.79 Å². The Morgan fingerprint density at radius 2 is 2.04 bits per heavy atom. The Hall–Kier alpha value is -1.85. The number of rotatable bonds is 4. The van der Waals surface area contributed by atoms with Crippen molar-refractivity contribution in [3.8, 4) is 5.69 Å². The summed E-state index contributed by atoms with van der Waals surface area (Å²) in [5.41, 5.74) is 1.25. The minimum absolute atomic E-state index is 0.133. The first-order valence-corrected chi connectivity index (χ1v) is 8.56. The van der Waals surface area contributed by atoms with Crippen molar-refractivity contribution in [2.24, 2.45) is 0 Å². The lowest BCUT2D eigenvalue weighted by Gasteiger charge is -2.28. The van der Waals surface area contributed by atoms with E-state index >= 15 is 0 Å². The molecule has 0 spiro atoms. The molecule has 128 valence electrons. The summed E-state index contributed by atoms with van der Waals surface area (Å²) in [6.45, 7) is 2.20. The van der Waals surface area contributed by atoms with E-state index in [1.54, 1.807) is 28.9 Å². The first kappa shape index (κ1) is 17.0. The van der Waals surface area contributed by atoms with E-state index in [4.69, 9.17) is 11.6 Å². The number of nitrogens with zero attached hydrogens (tertiary/aromatic N) is 3. The van der Waals surface area contributed by atoms with Crippen molar-refractivity contribution in [1.82, 2.24) is 14.7 Å². The second-order valence-corrected chi connectivity index (χ2v) is 7.01. The summed E-state index contributed by atoms with van der Waals surface area (Å²) < 4.78 is 1.67. The van der Waals surface area contributed by atoms with Gasteiger partial charge in [-0.25, -0.2) is 4.68 Å². The van der Waals surface area contributed by atoms with Crippen molar-refractivity contribution < 1.29 is 9.90 Å². The molecule has 1 N–H and O–H groups in total. The summed E-state index contributed by atoms with van der Waals surface area (Å²) in [6.07, 6.45) is 5.10. The van der Waals surface area contributed by atoms with Crippen LogP contribution < -0.4 is 0 Å². The number of amides is 1. The molecule has 1 amide bonds. The molecule has 24 heavy (non-hydrogen) atoms. The minimum atomic E-state index is -0.753. The van der Waals surface area contributed by atoms with E-state index in [-0.39, 0.29) is 5.91 Å². The molecule has 0 atom stereocenters. The molecule has 2 aromatic rings. The van der Waals surface area contributed by atoms with E-state index in [2.05, 4.69) is 5.10 Å². The van der Waals surface area contributed by atoms with Crippen LogP contribution in [-0.2, 0) is 0 Å². The molecule has 0 radical (unpaired) electrons. The second-order valence-electron chi connectivity index (χ2n) is 6.60. The van der Waals surface area contributed by atoms with Gasteiger partial charge in [0.15, 0.2) is 0 Å². The summed E-state index contributed by atoms with van der Waals surface area (Å²) in [7, 11) is 1.73. The van der Waals surface area contributed by atoms with Gasteiger partial charge in [-0.1, -0.05) is 36.6 Å². The van der Waals surface area contributed by atoms with Crippen LogP contribution in [0, 0.1) is 6.92 Å². The fraction of sp³-hybridized carbons (Fsp3) is 0.444. The van der Waals surface area contributed by atoms with Crippen molar-refractivity contribution in [2.45, 2.75) is 38.2 Å². The van der Waals surface area contributed by atoms with Gasteiger partial charge in [-0.05, 0) is 31.9 Å². The van der Waals surface area contributed by atoms with E-state index in [9.17, 15) is 9.90 Å². The third kappa shape index (κ3) is 3.19. The highest BCUT2D eigenvalue weighted by Gasteiger charge is 2.34. The number of hydrogen-bond donors (Lipinski definition) is 1. The van der Waals surface area contributed by atoms with Crippen LogP contribution in [0.15, 0.2) is 30.5 Å². The number of aliphatic hydroxyl groups is 1. The molecule has 1 heterocycles. The van der Waals surface area contributed by atoms with Crippen molar-refractivity contribution in [3.05, 3.63) is 46.7 Å². The van der Waals surface area contributed by atoms with Gasteiger partial charge in [0.05, 0.1) is 33.8 Å². The summed E-state index contributed by atoms with van der Waals surface area (Å²) in [6, 6.07) is 7.39. The maximum Gasteiger partial charge on any atom is 0.257 e. The molecular weight excluding hydrogens is 326 g/mol. The van der Waals surface area contributed by atoms with Gasteiger partial charge in [0.2, 0.25) is 0 Å². The zero-order valence-corrected chi connectivity index (χ0v) is 14.8. The maximum atomic E-state index is 12.8. The molecule has 6 heteroatoms. The van der Waals surface area contributed by atoms with Gasteiger partial charge >= 0.3 is 0 Å². The van der Waals surface area contributed by atoms with Crippen LogP contribution in [0.3, 0.4) is 0 Å². The molecular formula is C18H22ClN3O2.